The third-order valence-corrected chi connectivity index (χ3v) is 4.27. The van der Waals surface area contributed by atoms with Gasteiger partial charge in [0.15, 0.2) is 5.13 Å². The number of halogens is 1. The summed E-state index contributed by atoms with van der Waals surface area (Å²) in [5.74, 6) is -2.30. The van der Waals surface area contributed by atoms with E-state index in [4.69, 9.17) is 5.11 Å². The van der Waals surface area contributed by atoms with Crippen LogP contribution < -0.4 is 5.32 Å². The minimum Gasteiger partial charge on any atom is -0.478 e. The highest BCUT2D eigenvalue weighted by Crippen LogP contribution is 2.22. The summed E-state index contributed by atoms with van der Waals surface area (Å²) in [6.07, 6.45) is 0. The molecule has 0 saturated heterocycles. The minimum absolute atomic E-state index is 0.0866. The molecule has 1 heterocycles. The number of anilines is 1. The number of carbonyl (C=O) groups is 2. The average molecular weight is 326 g/mol. The molecular weight excluding hydrogens is 315 g/mol. The van der Waals surface area contributed by atoms with Gasteiger partial charge >= 0.3 is 5.97 Å². The van der Waals surface area contributed by atoms with Gasteiger partial charge in [-0.15, -0.1) is 23.1 Å². The summed E-state index contributed by atoms with van der Waals surface area (Å²) in [7, 11) is 0. The zero-order valence-corrected chi connectivity index (χ0v) is 12.6. The summed E-state index contributed by atoms with van der Waals surface area (Å²) in [5.41, 5.74) is 0.420. The van der Waals surface area contributed by atoms with Crippen molar-refractivity contribution in [2.75, 3.05) is 11.1 Å². The molecule has 110 valence electrons. The Morgan fingerprint density at radius 3 is 2.86 bits per heavy atom. The van der Waals surface area contributed by atoms with E-state index in [1.54, 1.807) is 0 Å². The van der Waals surface area contributed by atoms with Crippen LogP contribution in [0.4, 0.5) is 9.52 Å². The molecule has 0 atom stereocenters. The third kappa shape index (κ3) is 4.27. The second-order valence-corrected chi connectivity index (χ2v) is 5.98. The quantitative estimate of drug-likeness (QED) is 0.826. The Balaban J connectivity index is 1.95. The Kier molecular flexibility index (Phi) is 4.92. The summed E-state index contributed by atoms with van der Waals surface area (Å²) < 4.78 is 13.2. The first kappa shape index (κ1) is 15.5. The highest BCUT2D eigenvalue weighted by atomic mass is 32.2. The lowest BCUT2D eigenvalue weighted by Gasteiger charge is -2.04. The van der Waals surface area contributed by atoms with Gasteiger partial charge in [0.05, 0.1) is 17.0 Å². The Morgan fingerprint density at radius 1 is 1.48 bits per heavy atom. The number of rotatable bonds is 5. The molecule has 0 radical (unpaired) electrons. The molecule has 8 heteroatoms. The summed E-state index contributed by atoms with van der Waals surface area (Å²) in [6.45, 7) is 1.83. The van der Waals surface area contributed by atoms with Gasteiger partial charge in [-0.2, -0.15) is 0 Å². The van der Waals surface area contributed by atoms with Gasteiger partial charge in [-0.05, 0) is 25.1 Å². The van der Waals surface area contributed by atoms with E-state index in [0.29, 0.717) is 10.0 Å². The summed E-state index contributed by atoms with van der Waals surface area (Å²) >= 11 is 2.46. The first-order valence-corrected chi connectivity index (χ1v) is 7.70. The number of aryl methyl sites for hydroxylation is 1. The Labute approximate surface area is 128 Å². The van der Waals surface area contributed by atoms with Crippen LogP contribution in [0.5, 0.6) is 0 Å². The molecule has 5 nitrogen and oxygen atoms in total. The van der Waals surface area contributed by atoms with E-state index in [1.165, 1.54) is 23.5 Å². The van der Waals surface area contributed by atoms with Crippen LogP contribution in [0.2, 0.25) is 0 Å². The van der Waals surface area contributed by atoms with Crippen LogP contribution in [0.3, 0.4) is 0 Å². The summed E-state index contributed by atoms with van der Waals surface area (Å²) in [4.78, 5) is 27.2. The topological polar surface area (TPSA) is 79.3 Å². The van der Waals surface area contributed by atoms with Gasteiger partial charge in [0, 0.05) is 10.3 Å². The maximum Gasteiger partial charge on any atom is 0.338 e. The molecule has 0 aliphatic rings. The molecule has 2 aromatic rings. The molecule has 1 aromatic heterocycles. The van der Waals surface area contributed by atoms with Gasteiger partial charge in [-0.3, -0.25) is 4.79 Å². The first-order chi connectivity index (χ1) is 9.95. The van der Waals surface area contributed by atoms with E-state index in [0.717, 1.165) is 23.5 Å². The first-order valence-electron chi connectivity index (χ1n) is 5.83. The van der Waals surface area contributed by atoms with Crippen molar-refractivity contribution in [3.05, 3.63) is 40.7 Å². The standard InChI is InChI=1S/C13H11FN2O3S2/c1-7-5-21-13(15-7)16-11(17)6-20-8-2-3-10(14)9(4-8)12(18)19/h2-5H,6H2,1H3,(H,18,19)(H,15,16,17). The van der Waals surface area contributed by atoms with Crippen LogP contribution in [0.15, 0.2) is 28.5 Å². The van der Waals surface area contributed by atoms with Gasteiger partial charge in [-0.25, -0.2) is 14.2 Å². The average Bonchev–Trinajstić information content (AvgIpc) is 2.82. The van der Waals surface area contributed by atoms with Crippen LogP contribution in [0, 0.1) is 12.7 Å². The monoisotopic (exact) mass is 326 g/mol. The number of benzene rings is 1. The van der Waals surface area contributed by atoms with Crippen molar-refractivity contribution in [1.29, 1.82) is 0 Å². The molecule has 2 N–H and O–H groups in total. The number of carbonyl (C=O) groups excluding carboxylic acids is 1. The fraction of sp³-hybridized carbons (Fsp3) is 0.154. The second kappa shape index (κ2) is 6.68. The van der Waals surface area contributed by atoms with Crippen molar-refractivity contribution in [2.45, 2.75) is 11.8 Å². The number of nitrogens with zero attached hydrogens (tertiary/aromatic N) is 1. The number of thiazole rings is 1. The minimum atomic E-state index is -1.34. The molecule has 0 spiro atoms. The van der Waals surface area contributed by atoms with Crippen molar-refractivity contribution in [1.82, 2.24) is 4.98 Å². The molecule has 2 rings (SSSR count). The Morgan fingerprint density at radius 2 is 2.24 bits per heavy atom. The van der Waals surface area contributed by atoms with Crippen molar-refractivity contribution in [3.63, 3.8) is 0 Å². The van der Waals surface area contributed by atoms with E-state index >= 15 is 0 Å². The van der Waals surface area contributed by atoms with Crippen LogP contribution in [-0.4, -0.2) is 27.7 Å². The number of carboxylic acid groups (broad SMARTS) is 1. The highest BCUT2D eigenvalue weighted by Gasteiger charge is 2.12. The van der Waals surface area contributed by atoms with Crippen molar-refractivity contribution < 1.29 is 19.1 Å². The van der Waals surface area contributed by atoms with Crippen LogP contribution in [-0.2, 0) is 4.79 Å². The van der Waals surface area contributed by atoms with Crippen molar-refractivity contribution in [3.8, 4) is 0 Å². The predicted molar refractivity (Wildman–Crippen MR) is 79.6 cm³/mol. The summed E-state index contributed by atoms with van der Waals surface area (Å²) in [5, 5.41) is 13.8. The number of thioether (sulfide) groups is 1. The lowest BCUT2D eigenvalue weighted by Crippen LogP contribution is -2.13. The SMILES string of the molecule is Cc1csc(NC(=O)CSc2ccc(F)c(C(=O)O)c2)n1. The van der Waals surface area contributed by atoms with E-state index < -0.39 is 17.3 Å². The van der Waals surface area contributed by atoms with Gasteiger partial charge in [0.1, 0.15) is 5.82 Å². The maximum atomic E-state index is 13.2. The molecule has 1 amide bonds. The van der Waals surface area contributed by atoms with Crippen LogP contribution in [0.1, 0.15) is 16.1 Å². The maximum absolute atomic E-state index is 13.2. The Bertz CT molecular complexity index is 688. The fourth-order valence-corrected chi connectivity index (χ4v) is 2.91. The molecule has 0 saturated carbocycles. The molecule has 21 heavy (non-hydrogen) atoms. The fourth-order valence-electron chi connectivity index (χ4n) is 1.47. The summed E-state index contributed by atoms with van der Waals surface area (Å²) in [6, 6.07) is 3.73. The zero-order valence-electron chi connectivity index (χ0n) is 10.9. The number of carboxylic acids is 1. The van der Waals surface area contributed by atoms with E-state index in [1.807, 2.05) is 12.3 Å². The lowest BCUT2D eigenvalue weighted by molar-refractivity contribution is -0.113. The van der Waals surface area contributed by atoms with E-state index in [-0.39, 0.29) is 11.7 Å². The van der Waals surface area contributed by atoms with Crippen molar-refractivity contribution in [2.24, 2.45) is 0 Å². The van der Waals surface area contributed by atoms with Gasteiger partial charge in [-0.1, -0.05) is 0 Å². The Hall–Kier alpha value is -1.93. The number of aromatic carboxylic acids is 1. The molecule has 0 aliphatic carbocycles. The van der Waals surface area contributed by atoms with Crippen LogP contribution in [0.25, 0.3) is 0 Å². The van der Waals surface area contributed by atoms with Gasteiger partial charge in [0.25, 0.3) is 0 Å². The predicted octanol–water partition coefficient (Wildman–Crippen LogP) is 3.02. The smallest absolute Gasteiger partial charge is 0.338 e. The number of hydrogen-bond acceptors (Lipinski definition) is 5. The molecular formula is C13H11FN2O3S2. The normalized spacial score (nSPS) is 10.4. The number of aromatic nitrogens is 1. The number of hydrogen-bond donors (Lipinski definition) is 2. The zero-order chi connectivity index (χ0) is 15.4. The van der Waals surface area contributed by atoms with Gasteiger partial charge < -0.3 is 10.4 Å². The molecule has 0 aliphatic heterocycles. The number of amides is 1. The molecule has 0 fully saturated rings. The van der Waals surface area contributed by atoms with Crippen LogP contribution >= 0.6 is 23.1 Å². The molecule has 1 aromatic carbocycles. The largest absolute Gasteiger partial charge is 0.478 e. The molecule has 0 unspecified atom stereocenters. The van der Waals surface area contributed by atoms with E-state index in [9.17, 15) is 14.0 Å². The number of nitrogens with one attached hydrogen (secondary N) is 1. The highest BCUT2D eigenvalue weighted by molar-refractivity contribution is 8.00. The van der Waals surface area contributed by atoms with Gasteiger partial charge in [0.2, 0.25) is 5.91 Å². The lowest BCUT2D eigenvalue weighted by atomic mass is 10.2. The second-order valence-electron chi connectivity index (χ2n) is 4.08. The van der Waals surface area contributed by atoms with E-state index in [2.05, 4.69) is 10.3 Å². The third-order valence-electron chi connectivity index (χ3n) is 2.40. The van der Waals surface area contributed by atoms with Crippen molar-refractivity contribution >= 4 is 40.1 Å². The molecule has 0 bridgehead atoms.